The van der Waals surface area contributed by atoms with Crippen LogP contribution in [0.4, 0.5) is 0 Å². The third-order valence-corrected chi connectivity index (χ3v) is 3.27. The number of aliphatic carboxylic acids is 1. The molecule has 2 rings (SSSR count). The number of nitrogens with zero attached hydrogens (tertiary/aromatic N) is 1. The molecule has 1 saturated heterocycles. The lowest BCUT2D eigenvalue weighted by Gasteiger charge is -2.33. The number of carboxylic acid groups (broad SMARTS) is 1. The van der Waals surface area contributed by atoms with Gasteiger partial charge in [0, 0.05) is 26.2 Å². The average Bonchev–Trinajstić information content (AvgIpc) is 2.32. The van der Waals surface area contributed by atoms with Crippen LogP contribution in [-0.4, -0.2) is 41.7 Å². The van der Waals surface area contributed by atoms with E-state index in [9.17, 15) is 9.90 Å². The highest BCUT2D eigenvalue weighted by Crippen LogP contribution is 2.14. The molecule has 0 aliphatic carbocycles. The Morgan fingerprint density at radius 2 is 2.29 bits per heavy atom. The van der Waals surface area contributed by atoms with E-state index in [1.165, 1.54) is 11.1 Å². The van der Waals surface area contributed by atoms with Crippen LogP contribution in [0.15, 0.2) is 24.3 Å². The van der Waals surface area contributed by atoms with Gasteiger partial charge < -0.3 is 10.4 Å². The van der Waals surface area contributed by atoms with Gasteiger partial charge in [0.25, 0.3) is 0 Å². The molecule has 1 aliphatic heterocycles. The van der Waals surface area contributed by atoms with Crippen molar-refractivity contribution in [3.05, 3.63) is 35.4 Å². The van der Waals surface area contributed by atoms with Crippen molar-refractivity contribution in [1.29, 1.82) is 0 Å². The molecule has 1 aromatic rings. The predicted molar refractivity (Wildman–Crippen MR) is 65.9 cm³/mol. The number of carbonyl (C=O) groups is 1. The fraction of sp³-hybridized carbons (Fsp3) is 0.462. The summed E-state index contributed by atoms with van der Waals surface area (Å²) in [6.45, 7) is 4.95. The maximum absolute atomic E-state index is 11.2. The van der Waals surface area contributed by atoms with Crippen LogP contribution in [-0.2, 0) is 11.3 Å². The molecule has 0 unspecified atom stereocenters. The molecule has 1 aliphatic rings. The molecule has 92 valence electrons. The Morgan fingerprint density at radius 1 is 1.53 bits per heavy atom. The summed E-state index contributed by atoms with van der Waals surface area (Å²) in [5.74, 6) is -0.745. The number of nitrogens with one attached hydrogen (secondary N) is 1. The Bertz CT molecular complexity index is 406. The fourth-order valence-corrected chi connectivity index (χ4v) is 2.19. The van der Waals surface area contributed by atoms with Gasteiger partial charge in [0.2, 0.25) is 0 Å². The third-order valence-electron chi connectivity index (χ3n) is 3.27. The van der Waals surface area contributed by atoms with Gasteiger partial charge in [-0.2, -0.15) is 0 Å². The molecule has 0 bridgehead atoms. The van der Waals surface area contributed by atoms with Crippen molar-refractivity contribution in [2.24, 2.45) is 0 Å². The second kappa shape index (κ2) is 5.29. The van der Waals surface area contributed by atoms with Crippen LogP contribution >= 0.6 is 0 Å². The molecule has 0 radical (unpaired) electrons. The molecular weight excluding hydrogens is 216 g/mol. The summed E-state index contributed by atoms with van der Waals surface area (Å²) >= 11 is 0. The van der Waals surface area contributed by atoms with Crippen molar-refractivity contribution < 1.29 is 9.90 Å². The van der Waals surface area contributed by atoms with Crippen LogP contribution in [0.25, 0.3) is 0 Å². The van der Waals surface area contributed by atoms with Gasteiger partial charge in [0.05, 0.1) is 0 Å². The highest BCUT2D eigenvalue weighted by atomic mass is 16.4. The van der Waals surface area contributed by atoms with Crippen LogP contribution < -0.4 is 5.32 Å². The smallest absolute Gasteiger partial charge is 0.322 e. The number of rotatable bonds is 3. The van der Waals surface area contributed by atoms with E-state index in [0.717, 1.165) is 13.1 Å². The Morgan fingerprint density at radius 3 is 3.00 bits per heavy atom. The highest BCUT2D eigenvalue weighted by Gasteiger charge is 2.28. The summed E-state index contributed by atoms with van der Waals surface area (Å²) in [6.07, 6.45) is 0. The summed E-state index contributed by atoms with van der Waals surface area (Å²) in [5, 5.41) is 12.3. The van der Waals surface area contributed by atoms with Crippen LogP contribution in [0.1, 0.15) is 11.1 Å². The van der Waals surface area contributed by atoms with E-state index >= 15 is 0 Å². The summed E-state index contributed by atoms with van der Waals surface area (Å²) in [6, 6.07) is 7.72. The van der Waals surface area contributed by atoms with Gasteiger partial charge in [0.1, 0.15) is 6.04 Å². The zero-order chi connectivity index (χ0) is 12.3. The Hall–Kier alpha value is -1.39. The zero-order valence-corrected chi connectivity index (χ0v) is 10.0. The van der Waals surface area contributed by atoms with Gasteiger partial charge in [-0.1, -0.05) is 24.3 Å². The quantitative estimate of drug-likeness (QED) is 0.814. The molecule has 17 heavy (non-hydrogen) atoms. The molecule has 1 aromatic carbocycles. The molecule has 2 N–H and O–H groups in total. The van der Waals surface area contributed by atoms with Crippen LogP contribution in [0, 0.1) is 6.92 Å². The van der Waals surface area contributed by atoms with Crippen molar-refractivity contribution in [3.63, 3.8) is 0 Å². The van der Waals surface area contributed by atoms with Gasteiger partial charge >= 0.3 is 5.97 Å². The largest absolute Gasteiger partial charge is 0.480 e. The first-order valence-electron chi connectivity index (χ1n) is 5.90. The normalized spacial score (nSPS) is 21.4. The second-order valence-electron chi connectivity index (χ2n) is 4.46. The molecule has 0 spiro atoms. The summed E-state index contributed by atoms with van der Waals surface area (Å²) in [4.78, 5) is 13.2. The van der Waals surface area contributed by atoms with Crippen LogP contribution in [0.5, 0.6) is 0 Å². The minimum Gasteiger partial charge on any atom is -0.480 e. The average molecular weight is 234 g/mol. The molecule has 0 amide bonds. The van der Waals surface area contributed by atoms with Crippen LogP contribution in [0.2, 0.25) is 0 Å². The van der Waals surface area contributed by atoms with Gasteiger partial charge in [-0.05, 0) is 18.1 Å². The Kier molecular flexibility index (Phi) is 3.76. The SMILES string of the molecule is Cc1ccccc1CN1CCNC[C@H]1C(=O)O. The standard InChI is InChI=1S/C13H18N2O2/c1-10-4-2-3-5-11(10)9-15-7-6-14-8-12(15)13(16)17/h2-5,12,14H,6-9H2,1H3,(H,16,17)/t12-/m0/s1. The number of hydrogen-bond donors (Lipinski definition) is 2. The fourth-order valence-electron chi connectivity index (χ4n) is 2.19. The highest BCUT2D eigenvalue weighted by molar-refractivity contribution is 5.74. The zero-order valence-electron chi connectivity index (χ0n) is 10.0. The maximum atomic E-state index is 11.2. The molecule has 0 saturated carbocycles. The first kappa shape index (κ1) is 12.1. The lowest BCUT2D eigenvalue weighted by molar-refractivity contribution is -0.144. The molecule has 4 heteroatoms. The number of hydrogen-bond acceptors (Lipinski definition) is 3. The third kappa shape index (κ3) is 2.84. The predicted octanol–water partition coefficient (Wildman–Crippen LogP) is 0.853. The first-order valence-corrected chi connectivity index (χ1v) is 5.90. The van der Waals surface area contributed by atoms with Gasteiger partial charge in [-0.3, -0.25) is 9.69 Å². The van der Waals surface area contributed by atoms with E-state index in [1.807, 2.05) is 17.0 Å². The van der Waals surface area contributed by atoms with E-state index in [4.69, 9.17) is 0 Å². The summed E-state index contributed by atoms with van der Waals surface area (Å²) in [5.41, 5.74) is 2.43. The Balaban J connectivity index is 2.11. The lowest BCUT2D eigenvalue weighted by atomic mass is 10.1. The molecule has 1 heterocycles. The summed E-state index contributed by atoms with van der Waals surface area (Å²) in [7, 11) is 0. The van der Waals surface area contributed by atoms with E-state index < -0.39 is 12.0 Å². The van der Waals surface area contributed by atoms with Gasteiger partial charge in [-0.15, -0.1) is 0 Å². The van der Waals surface area contributed by atoms with Crippen molar-refractivity contribution in [1.82, 2.24) is 10.2 Å². The molecule has 1 fully saturated rings. The van der Waals surface area contributed by atoms with Crippen molar-refractivity contribution >= 4 is 5.97 Å². The maximum Gasteiger partial charge on any atom is 0.322 e. The number of piperazine rings is 1. The van der Waals surface area contributed by atoms with Crippen molar-refractivity contribution in [3.8, 4) is 0 Å². The van der Waals surface area contributed by atoms with Crippen molar-refractivity contribution in [2.75, 3.05) is 19.6 Å². The van der Waals surface area contributed by atoms with Gasteiger partial charge in [-0.25, -0.2) is 0 Å². The van der Waals surface area contributed by atoms with E-state index in [2.05, 4.69) is 24.4 Å². The first-order chi connectivity index (χ1) is 8.18. The number of benzene rings is 1. The van der Waals surface area contributed by atoms with Crippen LogP contribution in [0.3, 0.4) is 0 Å². The van der Waals surface area contributed by atoms with E-state index in [0.29, 0.717) is 13.1 Å². The monoisotopic (exact) mass is 234 g/mol. The molecular formula is C13H18N2O2. The molecule has 1 atom stereocenters. The second-order valence-corrected chi connectivity index (χ2v) is 4.46. The topological polar surface area (TPSA) is 52.6 Å². The van der Waals surface area contributed by atoms with E-state index in [1.54, 1.807) is 0 Å². The number of carboxylic acids is 1. The molecule has 0 aromatic heterocycles. The minimum atomic E-state index is -0.745. The van der Waals surface area contributed by atoms with E-state index in [-0.39, 0.29) is 0 Å². The number of aryl methyl sites for hydroxylation is 1. The minimum absolute atomic E-state index is 0.414. The lowest BCUT2D eigenvalue weighted by Crippen LogP contribution is -2.54. The van der Waals surface area contributed by atoms with Crippen molar-refractivity contribution in [2.45, 2.75) is 19.5 Å². The molecule has 4 nitrogen and oxygen atoms in total. The van der Waals surface area contributed by atoms with Gasteiger partial charge in [0.15, 0.2) is 0 Å². The Labute approximate surface area is 101 Å². The summed E-state index contributed by atoms with van der Waals surface area (Å²) < 4.78 is 0.